The number of hydrogen-bond donors (Lipinski definition) is 2. The Hall–Kier alpha value is -3.62. The van der Waals surface area contributed by atoms with E-state index in [1.54, 1.807) is 25.4 Å². The molecule has 1 aromatic carbocycles. The molecule has 0 saturated heterocycles. The summed E-state index contributed by atoms with van der Waals surface area (Å²) < 4.78 is 27.9. The van der Waals surface area contributed by atoms with Gasteiger partial charge in [-0.2, -0.15) is 10.1 Å². The third kappa shape index (κ3) is 3.42. The molecule has 2 aromatic heterocycles. The van der Waals surface area contributed by atoms with Gasteiger partial charge in [-0.1, -0.05) is 19.1 Å². The van der Waals surface area contributed by atoms with Crippen LogP contribution in [0.2, 0.25) is 0 Å². The molecule has 1 aliphatic heterocycles. The lowest BCUT2D eigenvalue weighted by Crippen LogP contribution is -2.36. The largest absolute Gasteiger partial charge is 0.361 e. The van der Waals surface area contributed by atoms with E-state index in [-0.39, 0.29) is 23.5 Å². The minimum absolute atomic E-state index is 0.190. The number of pyridine rings is 1. The number of aromatic nitrogens is 2. The molecule has 2 N–H and O–H groups in total. The van der Waals surface area contributed by atoms with Crippen molar-refractivity contribution in [2.24, 2.45) is 11.0 Å². The van der Waals surface area contributed by atoms with Crippen LogP contribution in [0.4, 0.5) is 20.3 Å². The molecule has 154 valence electrons. The van der Waals surface area contributed by atoms with E-state index in [1.165, 1.54) is 31.2 Å². The van der Waals surface area contributed by atoms with E-state index in [9.17, 15) is 18.4 Å². The molecule has 0 fully saturated rings. The second-order valence-electron chi connectivity index (χ2n) is 7.06. The number of amides is 2. The van der Waals surface area contributed by atoms with Crippen LogP contribution in [0.5, 0.6) is 0 Å². The zero-order chi connectivity index (χ0) is 21.5. The number of nitrogens with zero attached hydrogens (tertiary/aromatic N) is 3. The second-order valence-corrected chi connectivity index (χ2v) is 7.06. The van der Waals surface area contributed by atoms with Crippen molar-refractivity contribution in [1.82, 2.24) is 9.97 Å². The fourth-order valence-electron chi connectivity index (χ4n) is 3.32. The third-order valence-electron chi connectivity index (χ3n) is 5.03. The highest BCUT2D eigenvalue weighted by Crippen LogP contribution is 2.33. The lowest BCUT2D eigenvalue weighted by atomic mass is 10.0. The molecule has 1 unspecified atom stereocenters. The number of alkyl halides is 2. The number of anilines is 2. The molecule has 1 aliphatic rings. The monoisotopic (exact) mass is 411 g/mol. The summed E-state index contributed by atoms with van der Waals surface area (Å²) in [6.45, 7) is 2.95. The lowest BCUT2D eigenvalue weighted by Gasteiger charge is -2.17. The number of hydrazone groups is 1. The number of benzene rings is 1. The van der Waals surface area contributed by atoms with Crippen LogP contribution >= 0.6 is 0 Å². The molecular formula is C21H19F2N5O2. The first-order valence-corrected chi connectivity index (χ1v) is 9.41. The fourth-order valence-corrected chi connectivity index (χ4v) is 3.32. The number of hydrogen-bond acceptors (Lipinski definition) is 4. The number of fused-ring (bicyclic) bond motifs is 1. The Morgan fingerprint density at radius 1 is 1.30 bits per heavy atom. The Bertz CT molecular complexity index is 1170. The first-order valence-electron chi connectivity index (χ1n) is 9.41. The molecule has 4 rings (SSSR count). The molecule has 0 saturated carbocycles. The van der Waals surface area contributed by atoms with Crippen LogP contribution in [0.25, 0.3) is 10.9 Å². The van der Waals surface area contributed by atoms with Gasteiger partial charge in [0, 0.05) is 41.5 Å². The van der Waals surface area contributed by atoms with Crippen molar-refractivity contribution in [3.63, 3.8) is 0 Å². The predicted molar refractivity (Wildman–Crippen MR) is 109 cm³/mol. The number of carbonyl (C=O) groups excluding carboxylic acids is 2. The lowest BCUT2D eigenvalue weighted by molar-refractivity contribution is -0.127. The van der Waals surface area contributed by atoms with Crippen molar-refractivity contribution in [1.29, 1.82) is 0 Å². The van der Waals surface area contributed by atoms with Crippen molar-refractivity contribution in [3.8, 4) is 0 Å². The summed E-state index contributed by atoms with van der Waals surface area (Å²) >= 11 is 0. The van der Waals surface area contributed by atoms with Crippen molar-refractivity contribution < 1.29 is 18.4 Å². The standard InChI is InChI=1S/C21H19F2N5O2/c1-3-21(22,23)14-5-4-6-15(9-14)26-19(29)18-12(2)27-28(20(18)30)17-10-16-13(11-25-17)7-8-24-16/h4-11,18,24H,3H2,1-2H3,(H,26,29). The van der Waals surface area contributed by atoms with E-state index in [2.05, 4.69) is 20.4 Å². The van der Waals surface area contributed by atoms with Gasteiger partial charge in [0.15, 0.2) is 11.7 Å². The molecule has 30 heavy (non-hydrogen) atoms. The minimum atomic E-state index is -3.00. The van der Waals surface area contributed by atoms with E-state index in [1.807, 2.05) is 6.07 Å². The van der Waals surface area contributed by atoms with Crippen LogP contribution in [-0.4, -0.2) is 27.5 Å². The van der Waals surface area contributed by atoms with Crippen LogP contribution in [0.15, 0.2) is 53.9 Å². The Morgan fingerprint density at radius 3 is 2.87 bits per heavy atom. The first-order chi connectivity index (χ1) is 14.3. The fraction of sp³-hybridized carbons (Fsp3) is 0.238. The van der Waals surface area contributed by atoms with Gasteiger partial charge in [0.05, 0.1) is 11.2 Å². The summed E-state index contributed by atoms with van der Waals surface area (Å²) in [6.07, 6.45) is 3.00. The molecule has 0 spiro atoms. The summed E-state index contributed by atoms with van der Waals surface area (Å²) in [5, 5.41) is 8.70. The van der Waals surface area contributed by atoms with Gasteiger partial charge in [-0.15, -0.1) is 0 Å². The van der Waals surface area contributed by atoms with Crippen molar-refractivity contribution in [3.05, 3.63) is 54.4 Å². The van der Waals surface area contributed by atoms with Crippen LogP contribution in [0.1, 0.15) is 25.8 Å². The Morgan fingerprint density at radius 2 is 2.10 bits per heavy atom. The highest BCUT2D eigenvalue weighted by Gasteiger charge is 2.40. The van der Waals surface area contributed by atoms with E-state index in [4.69, 9.17) is 0 Å². The molecule has 0 bridgehead atoms. The topological polar surface area (TPSA) is 90.5 Å². The predicted octanol–water partition coefficient (Wildman–Crippen LogP) is 4.04. The quantitative estimate of drug-likeness (QED) is 0.621. The molecule has 3 aromatic rings. The molecule has 9 heteroatoms. The van der Waals surface area contributed by atoms with Gasteiger partial charge in [-0.05, 0) is 25.1 Å². The third-order valence-corrected chi connectivity index (χ3v) is 5.03. The summed E-state index contributed by atoms with van der Waals surface area (Å²) in [7, 11) is 0. The number of nitrogens with one attached hydrogen (secondary N) is 2. The number of aromatic amines is 1. The zero-order valence-electron chi connectivity index (χ0n) is 16.3. The average molecular weight is 411 g/mol. The smallest absolute Gasteiger partial charge is 0.273 e. The van der Waals surface area contributed by atoms with Gasteiger partial charge in [0.25, 0.3) is 11.8 Å². The van der Waals surface area contributed by atoms with Crippen molar-refractivity contribution in [2.45, 2.75) is 26.2 Å². The summed E-state index contributed by atoms with van der Waals surface area (Å²) in [5.74, 6) is -5.07. The normalized spacial score (nSPS) is 16.8. The maximum atomic E-state index is 14.0. The van der Waals surface area contributed by atoms with Crippen molar-refractivity contribution >= 4 is 39.9 Å². The van der Waals surface area contributed by atoms with Crippen LogP contribution in [0.3, 0.4) is 0 Å². The Labute approximate surface area is 170 Å². The van der Waals surface area contributed by atoms with Gasteiger partial charge in [0.2, 0.25) is 5.91 Å². The van der Waals surface area contributed by atoms with Crippen LogP contribution in [-0.2, 0) is 15.5 Å². The molecule has 3 heterocycles. The maximum Gasteiger partial charge on any atom is 0.273 e. The Balaban J connectivity index is 1.55. The van der Waals surface area contributed by atoms with Crippen molar-refractivity contribution in [2.75, 3.05) is 10.3 Å². The van der Waals surface area contributed by atoms with E-state index >= 15 is 0 Å². The van der Waals surface area contributed by atoms with Crippen LogP contribution < -0.4 is 10.3 Å². The summed E-state index contributed by atoms with van der Waals surface area (Å²) in [4.78, 5) is 32.9. The van der Waals surface area contributed by atoms with E-state index in [0.717, 1.165) is 15.9 Å². The number of rotatable bonds is 5. The maximum absolute atomic E-state index is 14.0. The van der Waals surface area contributed by atoms with E-state index in [0.29, 0.717) is 5.71 Å². The Kier molecular flexibility index (Phi) is 4.81. The van der Waals surface area contributed by atoms with Gasteiger partial charge in [-0.3, -0.25) is 9.59 Å². The van der Waals surface area contributed by atoms with Gasteiger partial charge >= 0.3 is 0 Å². The summed E-state index contributed by atoms with van der Waals surface area (Å²) in [5.41, 5.74) is 1.06. The number of H-pyrrole nitrogens is 1. The second kappa shape index (κ2) is 7.33. The first kappa shape index (κ1) is 19.7. The van der Waals surface area contributed by atoms with Gasteiger partial charge < -0.3 is 10.3 Å². The highest BCUT2D eigenvalue weighted by molar-refractivity contribution is 6.28. The molecular weight excluding hydrogens is 392 g/mol. The molecule has 7 nitrogen and oxygen atoms in total. The number of halogens is 2. The van der Waals surface area contributed by atoms with Gasteiger partial charge in [-0.25, -0.2) is 13.8 Å². The molecule has 2 amide bonds. The SMILES string of the molecule is CCC(F)(F)c1cccc(NC(=O)C2C(=O)N(c3cc4[nH]ccc4cn3)N=C2C)c1. The van der Waals surface area contributed by atoms with Crippen LogP contribution in [0, 0.1) is 5.92 Å². The van der Waals surface area contributed by atoms with E-state index < -0.39 is 23.7 Å². The minimum Gasteiger partial charge on any atom is -0.361 e. The number of carbonyl (C=O) groups is 2. The highest BCUT2D eigenvalue weighted by atomic mass is 19.3. The average Bonchev–Trinajstić information content (AvgIpc) is 3.31. The zero-order valence-corrected chi connectivity index (χ0v) is 16.3. The molecule has 0 aliphatic carbocycles. The molecule has 1 atom stereocenters. The molecule has 0 radical (unpaired) electrons. The summed E-state index contributed by atoms with van der Waals surface area (Å²) in [6, 6.07) is 8.97. The van der Waals surface area contributed by atoms with Gasteiger partial charge in [0.1, 0.15) is 0 Å².